The second-order valence-electron chi connectivity index (χ2n) is 6.25. The molecule has 0 fully saturated rings. The molecule has 0 radical (unpaired) electrons. The van der Waals surface area contributed by atoms with Crippen LogP contribution in [0, 0.1) is 0 Å². The lowest BCUT2D eigenvalue weighted by Gasteiger charge is -2.18. The van der Waals surface area contributed by atoms with Crippen LogP contribution < -0.4 is 0 Å². The first kappa shape index (κ1) is 16.2. The zero-order valence-corrected chi connectivity index (χ0v) is 14.5. The van der Waals surface area contributed by atoms with Crippen molar-refractivity contribution in [2.45, 2.75) is 19.8 Å². The van der Waals surface area contributed by atoms with Crippen molar-refractivity contribution < 1.29 is 0 Å². The summed E-state index contributed by atoms with van der Waals surface area (Å²) in [7, 11) is 1.80. The zero-order chi connectivity index (χ0) is 17.1. The molecule has 0 saturated carbocycles. The Morgan fingerprint density at radius 1 is 1.00 bits per heavy atom. The van der Waals surface area contributed by atoms with Crippen LogP contribution in [0.2, 0.25) is 0 Å². The van der Waals surface area contributed by atoms with Crippen LogP contribution in [0.1, 0.15) is 30.9 Å². The van der Waals surface area contributed by atoms with E-state index in [0.717, 1.165) is 40.8 Å². The first-order valence-corrected chi connectivity index (χ1v) is 8.33. The van der Waals surface area contributed by atoms with E-state index in [2.05, 4.69) is 72.8 Å². The number of benzene rings is 1. The molecule has 0 amide bonds. The molecule has 2 aliphatic rings. The molecule has 3 rings (SSSR count). The topological polar surface area (TPSA) is 12.4 Å². The van der Waals surface area contributed by atoms with Crippen molar-refractivity contribution in [3.63, 3.8) is 0 Å². The van der Waals surface area contributed by atoms with Gasteiger partial charge in [0, 0.05) is 12.6 Å². The van der Waals surface area contributed by atoms with Crippen LogP contribution in [0.3, 0.4) is 0 Å². The number of aliphatic imine (C=N–C) groups is 1. The third kappa shape index (κ3) is 3.16. The highest BCUT2D eigenvalue weighted by Gasteiger charge is 2.17. The van der Waals surface area contributed by atoms with E-state index < -0.39 is 0 Å². The minimum absolute atomic E-state index is 0.931. The largest absolute Gasteiger partial charge is 0.287 e. The Balaban J connectivity index is 1.94. The Kier molecular flexibility index (Phi) is 4.61. The Morgan fingerprint density at radius 2 is 1.67 bits per heavy atom. The Hall–Kier alpha value is -2.67. The van der Waals surface area contributed by atoms with Crippen LogP contribution >= 0.6 is 0 Å². The lowest BCUT2D eigenvalue weighted by Crippen LogP contribution is -2.10. The van der Waals surface area contributed by atoms with Crippen molar-refractivity contribution in [1.29, 1.82) is 0 Å². The fraction of sp³-hybridized carbons (Fsp3) is 0.174. The molecule has 0 aromatic heterocycles. The Bertz CT molecular complexity index is 837. The summed E-state index contributed by atoms with van der Waals surface area (Å²) in [5.74, 6) is 0. The third-order valence-electron chi connectivity index (χ3n) is 4.42. The highest BCUT2D eigenvalue weighted by atomic mass is 14.7. The smallest absolute Gasteiger partial charge is 0.0712 e. The molecule has 1 nitrogen and oxygen atoms in total. The number of hydrogen-bond acceptors (Lipinski definition) is 1. The minimum Gasteiger partial charge on any atom is -0.287 e. The number of hydrogen-bond donors (Lipinski definition) is 0. The number of allylic oxidation sites excluding steroid dienone is 10. The van der Waals surface area contributed by atoms with Gasteiger partial charge in [0.1, 0.15) is 0 Å². The summed E-state index contributed by atoms with van der Waals surface area (Å²) in [5.41, 5.74) is 8.88. The van der Waals surface area contributed by atoms with E-state index in [1.165, 1.54) is 16.7 Å². The van der Waals surface area contributed by atoms with Crippen molar-refractivity contribution in [3.05, 3.63) is 95.6 Å². The van der Waals surface area contributed by atoms with E-state index in [4.69, 9.17) is 0 Å². The predicted octanol–water partition coefficient (Wildman–Crippen LogP) is 5.95. The van der Waals surface area contributed by atoms with Gasteiger partial charge in [0.2, 0.25) is 0 Å². The number of nitrogens with zero attached hydrogens (tertiary/aromatic N) is 1. The van der Waals surface area contributed by atoms with Gasteiger partial charge in [-0.15, -0.1) is 0 Å². The highest BCUT2D eigenvalue weighted by Crippen LogP contribution is 2.30. The molecule has 0 atom stereocenters. The van der Waals surface area contributed by atoms with Gasteiger partial charge >= 0.3 is 0 Å². The molecular formula is C23H23N. The standard InChI is InChI=1S/C23H23N/c1-16(2)22-15-21(14-17(3)23(22)24-4)20-12-10-19(11-13-20)18-8-6-5-7-9-18/h6,8-15H,1,3,5,7H2,2,4H3. The molecule has 0 heterocycles. The van der Waals surface area contributed by atoms with Crippen molar-refractivity contribution >= 4 is 16.9 Å². The molecule has 2 aliphatic carbocycles. The first-order chi connectivity index (χ1) is 11.6. The summed E-state index contributed by atoms with van der Waals surface area (Å²) in [6.07, 6.45) is 13.3. The van der Waals surface area contributed by atoms with Crippen molar-refractivity contribution in [3.8, 4) is 0 Å². The van der Waals surface area contributed by atoms with E-state index in [-0.39, 0.29) is 0 Å². The second kappa shape index (κ2) is 6.84. The first-order valence-electron chi connectivity index (χ1n) is 8.33. The van der Waals surface area contributed by atoms with E-state index >= 15 is 0 Å². The Labute approximate surface area is 144 Å². The van der Waals surface area contributed by atoms with Gasteiger partial charge in [-0.25, -0.2) is 0 Å². The SMILES string of the molecule is C=C(C)C1=CC(c2ccc(C3=CCCC=C3)cc2)=CC(=C)C1=NC. The van der Waals surface area contributed by atoms with E-state index in [0.29, 0.717) is 0 Å². The molecule has 0 aliphatic heterocycles. The van der Waals surface area contributed by atoms with Gasteiger partial charge < -0.3 is 0 Å². The molecule has 120 valence electrons. The Morgan fingerprint density at radius 3 is 2.21 bits per heavy atom. The summed E-state index contributed by atoms with van der Waals surface area (Å²) in [6.45, 7) is 10.3. The molecule has 0 unspecified atom stereocenters. The molecule has 0 bridgehead atoms. The van der Waals surface area contributed by atoms with Gasteiger partial charge in [-0.2, -0.15) is 0 Å². The lowest BCUT2D eigenvalue weighted by atomic mass is 9.87. The van der Waals surface area contributed by atoms with Gasteiger partial charge in [-0.05, 0) is 65.3 Å². The highest BCUT2D eigenvalue weighted by molar-refractivity contribution is 6.20. The van der Waals surface area contributed by atoms with Gasteiger partial charge in [0.25, 0.3) is 0 Å². The normalized spacial score (nSPS) is 19.0. The van der Waals surface area contributed by atoms with Crippen LogP contribution in [-0.4, -0.2) is 12.8 Å². The monoisotopic (exact) mass is 313 g/mol. The van der Waals surface area contributed by atoms with Crippen LogP contribution in [0.4, 0.5) is 0 Å². The summed E-state index contributed by atoms with van der Waals surface area (Å²) in [5, 5.41) is 0. The maximum atomic E-state index is 4.36. The lowest BCUT2D eigenvalue weighted by molar-refractivity contribution is 1.04. The molecule has 1 heteroatoms. The van der Waals surface area contributed by atoms with E-state index in [1.807, 2.05) is 6.92 Å². The molecule has 0 saturated heterocycles. The van der Waals surface area contributed by atoms with Gasteiger partial charge in [-0.1, -0.05) is 55.7 Å². The quantitative estimate of drug-likeness (QED) is 0.654. The third-order valence-corrected chi connectivity index (χ3v) is 4.42. The molecule has 1 aromatic carbocycles. The zero-order valence-electron chi connectivity index (χ0n) is 14.5. The average Bonchev–Trinajstić information content (AvgIpc) is 2.62. The van der Waals surface area contributed by atoms with Gasteiger partial charge in [0.05, 0.1) is 5.71 Å². The summed E-state index contributed by atoms with van der Waals surface area (Å²) in [4.78, 5) is 4.36. The molecule has 0 spiro atoms. The summed E-state index contributed by atoms with van der Waals surface area (Å²) in [6, 6.07) is 8.74. The maximum absolute atomic E-state index is 4.36. The summed E-state index contributed by atoms with van der Waals surface area (Å²) >= 11 is 0. The van der Waals surface area contributed by atoms with Gasteiger partial charge in [0.15, 0.2) is 0 Å². The van der Waals surface area contributed by atoms with Gasteiger partial charge in [-0.3, -0.25) is 4.99 Å². The maximum Gasteiger partial charge on any atom is 0.0712 e. The van der Waals surface area contributed by atoms with Crippen LogP contribution in [0.5, 0.6) is 0 Å². The van der Waals surface area contributed by atoms with Crippen LogP contribution in [0.15, 0.2) is 89.5 Å². The fourth-order valence-corrected chi connectivity index (χ4v) is 3.13. The van der Waals surface area contributed by atoms with Crippen LogP contribution in [0.25, 0.3) is 11.1 Å². The van der Waals surface area contributed by atoms with E-state index in [1.54, 1.807) is 7.05 Å². The molecule has 1 aromatic rings. The van der Waals surface area contributed by atoms with Crippen molar-refractivity contribution in [1.82, 2.24) is 0 Å². The molecular weight excluding hydrogens is 290 g/mol. The number of rotatable bonds is 3. The molecule has 24 heavy (non-hydrogen) atoms. The fourth-order valence-electron chi connectivity index (χ4n) is 3.13. The van der Waals surface area contributed by atoms with Crippen LogP contribution in [-0.2, 0) is 0 Å². The minimum atomic E-state index is 0.931. The molecule has 0 N–H and O–H groups in total. The van der Waals surface area contributed by atoms with Crippen molar-refractivity contribution in [2.24, 2.45) is 4.99 Å². The second-order valence-corrected chi connectivity index (χ2v) is 6.25. The van der Waals surface area contributed by atoms with E-state index in [9.17, 15) is 0 Å². The average molecular weight is 313 g/mol. The summed E-state index contributed by atoms with van der Waals surface area (Å²) < 4.78 is 0. The van der Waals surface area contributed by atoms with Crippen molar-refractivity contribution in [2.75, 3.05) is 7.05 Å². The predicted molar refractivity (Wildman–Crippen MR) is 106 cm³/mol.